The van der Waals surface area contributed by atoms with E-state index in [0.717, 1.165) is 11.1 Å². The maximum Gasteiger partial charge on any atom is 0.205 e. The highest BCUT2D eigenvalue weighted by Crippen LogP contribution is 2.43. The lowest BCUT2D eigenvalue weighted by atomic mass is 10.1. The van der Waals surface area contributed by atoms with Crippen LogP contribution in [0.15, 0.2) is 44.0 Å². The summed E-state index contributed by atoms with van der Waals surface area (Å²) in [6.07, 6.45) is 0.609. The fourth-order valence-electron chi connectivity index (χ4n) is 3.16. The molecule has 1 aliphatic carbocycles. The molecule has 4 rings (SSSR count). The molecule has 1 aliphatic rings. The van der Waals surface area contributed by atoms with E-state index in [9.17, 15) is 4.79 Å². The summed E-state index contributed by atoms with van der Waals surface area (Å²) < 4.78 is 17.5. The van der Waals surface area contributed by atoms with E-state index in [1.165, 1.54) is 7.11 Å². The quantitative estimate of drug-likeness (QED) is 0.530. The first kappa shape index (κ1) is 14.3. The highest BCUT2D eigenvalue weighted by atomic mass is 79.9. The van der Waals surface area contributed by atoms with Crippen LogP contribution in [0.4, 0.5) is 0 Å². The lowest BCUT2D eigenvalue weighted by Gasteiger charge is -2.12. The molecule has 0 radical (unpaired) electrons. The smallest absolute Gasteiger partial charge is 0.205 e. The molecule has 0 amide bonds. The molecule has 116 valence electrons. The van der Waals surface area contributed by atoms with E-state index in [4.69, 9.17) is 13.9 Å². The van der Waals surface area contributed by atoms with Crippen LogP contribution >= 0.6 is 15.9 Å². The van der Waals surface area contributed by atoms with E-state index < -0.39 is 0 Å². The molecule has 0 bridgehead atoms. The minimum absolute atomic E-state index is 0.0483. The summed E-state index contributed by atoms with van der Waals surface area (Å²) in [5.41, 5.74) is 3.07. The lowest BCUT2D eigenvalue weighted by Crippen LogP contribution is -2.07. The first-order chi connectivity index (χ1) is 11.2. The Morgan fingerprint density at radius 2 is 1.87 bits per heavy atom. The maximum absolute atomic E-state index is 13.0. The Balaban J connectivity index is 2.14. The molecule has 3 aromatic rings. The first-order valence-corrected chi connectivity index (χ1v) is 7.93. The van der Waals surface area contributed by atoms with Gasteiger partial charge in [0.25, 0.3) is 0 Å². The number of benzene rings is 2. The number of methoxy groups -OCH3 is 2. The van der Waals surface area contributed by atoms with Crippen LogP contribution in [0, 0.1) is 0 Å². The number of ether oxygens (including phenoxy) is 2. The van der Waals surface area contributed by atoms with Gasteiger partial charge >= 0.3 is 0 Å². The molecule has 5 heteroatoms. The third-order valence-corrected chi connectivity index (χ3v) is 4.76. The van der Waals surface area contributed by atoms with Crippen LogP contribution in [-0.4, -0.2) is 14.2 Å². The van der Waals surface area contributed by atoms with Crippen LogP contribution in [0.2, 0.25) is 0 Å². The number of hydrogen-bond donors (Lipinski definition) is 0. The number of hydrogen-bond acceptors (Lipinski definition) is 4. The van der Waals surface area contributed by atoms with E-state index in [2.05, 4.69) is 15.9 Å². The second kappa shape index (κ2) is 5.13. The maximum atomic E-state index is 13.0. The zero-order chi connectivity index (χ0) is 16.1. The molecule has 0 saturated carbocycles. The Kier molecular flexibility index (Phi) is 3.20. The van der Waals surface area contributed by atoms with Crippen molar-refractivity contribution in [3.05, 3.63) is 56.4 Å². The van der Waals surface area contributed by atoms with Crippen molar-refractivity contribution in [2.24, 2.45) is 0 Å². The van der Waals surface area contributed by atoms with Crippen molar-refractivity contribution >= 4 is 26.9 Å². The van der Waals surface area contributed by atoms with Gasteiger partial charge in [0, 0.05) is 6.42 Å². The molecule has 1 heterocycles. The van der Waals surface area contributed by atoms with Crippen molar-refractivity contribution in [3.8, 4) is 22.6 Å². The highest BCUT2D eigenvalue weighted by Gasteiger charge is 2.27. The predicted octanol–water partition coefficient (Wildman–Crippen LogP) is 4.14. The van der Waals surface area contributed by atoms with Crippen molar-refractivity contribution in [1.29, 1.82) is 0 Å². The van der Waals surface area contributed by atoms with Gasteiger partial charge in [0.15, 0.2) is 11.3 Å². The molecule has 0 spiro atoms. The van der Waals surface area contributed by atoms with Gasteiger partial charge in [0.2, 0.25) is 11.2 Å². The van der Waals surface area contributed by atoms with Crippen molar-refractivity contribution in [2.75, 3.05) is 14.2 Å². The summed E-state index contributed by atoms with van der Waals surface area (Å²) in [7, 11) is 3.08. The second-order valence-electron chi connectivity index (χ2n) is 5.36. The van der Waals surface area contributed by atoms with Gasteiger partial charge in [0.05, 0.1) is 29.6 Å². The minimum atomic E-state index is -0.0483. The third-order valence-electron chi connectivity index (χ3n) is 4.17. The van der Waals surface area contributed by atoms with Gasteiger partial charge in [-0.1, -0.05) is 24.3 Å². The molecule has 0 fully saturated rings. The summed E-state index contributed by atoms with van der Waals surface area (Å²) >= 11 is 3.43. The van der Waals surface area contributed by atoms with E-state index in [1.54, 1.807) is 13.2 Å². The Bertz CT molecular complexity index is 1000. The Hall–Kier alpha value is -2.27. The summed E-state index contributed by atoms with van der Waals surface area (Å²) in [5, 5.41) is 0.477. The van der Waals surface area contributed by atoms with E-state index in [-0.39, 0.29) is 5.43 Å². The van der Waals surface area contributed by atoms with Crippen molar-refractivity contribution in [2.45, 2.75) is 6.42 Å². The Morgan fingerprint density at radius 1 is 1.13 bits per heavy atom. The van der Waals surface area contributed by atoms with E-state index in [1.807, 2.05) is 24.3 Å². The number of rotatable bonds is 2. The van der Waals surface area contributed by atoms with E-state index in [0.29, 0.717) is 44.7 Å². The third kappa shape index (κ3) is 1.93. The van der Waals surface area contributed by atoms with Gasteiger partial charge in [-0.3, -0.25) is 4.79 Å². The van der Waals surface area contributed by atoms with E-state index >= 15 is 0 Å². The van der Waals surface area contributed by atoms with Crippen molar-refractivity contribution in [3.63, 3.8) is 0 Å². The van der Waals surface area contributed by atoms with Crippen LogP contribution in [0.1, 0.15) is 11.3 Å². The second-order valence-corrected chi connectivity index (χ2v) is 6.22. The van der Waals surface area contributed by atoms with Crippen LogP contribution in [-0.2, 0) is 6.42 Å². The van der Waals surface area contributed by atoms with Gasteiger partial charge in [-0.15, -0.1) is 0 Å². The first-order valence-electron chi connectivity index (χ1n) is 7.14. The number of halogens is 1. The summed E-state index contributed by atoms with van der Waals surface area (Å²) in [4.78, 5) is 13.0. The minimum Gasteiger partial charge on any atom is -0.492 e. The Morgan fingerprint density at radius 3 is 2.61 bits per heavy atom. The molecule has 0 N–H and O–H groups in total. The molecule has 4 nitrogen and oxygen atoms in total. The molecule has 1 aromatic heterocycles. The monoisotopic (exact) mass is 372 g/mol. The topological polar surface area (TPSA) is 48.7 Å². The van der Waals surface area contributed by atoms with Gasteiger partial charge in [0.1, 0.15) is 5.76 Å². The van der Waals surface area contributed by atoms with Gasteiger partial charge in [-0.05, 0) is 33.1 Å². The highest BCUT2D eigenvalue weighted by molar-refractivity contribution is 9.10. The molecule has 0 atom stereocenters. The summed E-state index contributed by atoms with van der Waals surface area (Å²) in [6, 6.07) is 9.60. The molecule has 0 saturated heterocycles. The van der Waals surface area contributed by atoms with Gasteiger partial charge in [-0.25, -0.2) is 0 Å². The average molecular weight is 373 g/mol. The fraction of sp³-hybridized carbons (Fsp3) is 0.167. The molecule has 23 heavy (non-hydrogen) atoms. The van der Waals surface area contributed by atoms with Crippen LogP contribution in [0.5, 0.6) is 11.5 Å². The molecule has 2 aromatic carbocycles. The van der Waals surface area contributed by atoms with Gasteiger partial charge in [-0.2, -0.15) is 0 Å². The predicted molar refractivity (Wildman–Crippen MR) is 91.5 cm³/mol. The van der Waals surface area contributed by atoms with Gasteiger partial charge < -0.3 is 13.9 Å². The standard InChI is InChI=1S/C18H13BrO4/c1-21-17-12(19)8-11-15(20)14-10-6-4-3-5-9(10)7-13(14)23-16(11)18(17)22-2/h3-6,8H,7H2,1-2H3. The fourth-order valence-corrected chi connectivity index (χ4v) is 3.73. The molecule has 0 aliphatic heterocycles. The largest absolute Gasteiger partial charge is 0.492 e. The van der Waals surface area contributed by atoms with Crippen LogP contribution < -0.4 is 14.9 Å². The lowest BCUT2D eigenvalue weighted by molar-refractivity contribution is 0.350. The number of fused-ring (bicyclic) bond motifs is 4. The SMILES string of the molecule is COc1c(Br)cc2c(=O)c3c(oc2c1OC)Cc1ccccc1-3. The molecule has 0 unspecified atom stereocenters. The average Bonchev–Trinajstić information content (AvgIpc) is 2.93. The summed E-state index contributed by atoms with van der Waals surface area (Å²) in [6.45, 7) is 0. The van der Waals surface area contributed by atoms with Crippen LogP contribution in [0.3, 0.4) is 0 Å². The normalized spacial score (nSPS) is 12.1. The summed E-state index contributed by atoms with van der Waals surface area (Å²) in [5.74, 6) is 1.61. The molecular formula is C18H13BrO4. The van der Waals surface area contributed by atoms with Crippen molar-refractivity contribution in [1.82, 2.24) is 0 Å². The zero-order valence-electron chi connectivity index (χ0n) is 12.6. The molecular weight excluding hydrogens is 360 g/mol. The van der Waals surface area contributed by atoms with Crippen molar-refractivity contribution < 1.29 is 13.9 Å². The van der Waals surface area contributed by atoms with Crippen LogP contribution in [0.25, 0.3) is 22.1 Å². The zero-order valence-corrected chi connectivity index (χ0v) is 14.2. The Labute approximate surface area is 140 Å².